The highest BCUT2D eigenvalue weighted by molar-refractivity contribution is 5.15. The first-order valence-electron chi connectivity index (χ1n) is 5.64. The molecule has 1 aliphatic rings. The molecule has 1 fully saturated rings. The number of hydrogen-bond acceptors (Lipinski definition) is 2. The average molecular weight is 205 g/mol. The minimum absolute atomic E-state index is 0.0875. The number of hydrogen-bond donors (Lipinski definition) is 2. The lowest BCUT2D eigenvalue weighted by Gasteiger charge is -2.29. The molecule has 82 valence electrons. The molecule has 1 atom stereocenters. The molecule has 0 amide bonds. The standard InChI is InChI=1S/C13H19NO/c1-13(10-15,12-7-8-12)14-9-11-5-3-2-4-6-11/h2-6,12,14-15H,7-10H2,1H3. The predicted molar refractivity (Wildman–Crippen MR) is 61.5 cm³/mol. The van der Waals surface area contributed by atoms with Crippen molar-refractivity contribution in [3.63, 3.8) is 0 Å². The van der Waals surface area contributed by atoms with Crippen LogP contribution >= 0.6 is 0 Å². The molecule has 0 radical (unpaired) electrons. The molecule has 2 heteroatoms. The molecule has 0 bridgehead atoms. The Kier molecular flexibility index (Phi) is 3.08. The lowest BCUT2D eigenvalue weighted by molar-refractivity contribution is 0.153. The second-order valence-corrected chi connectivity index (χ2v) is 4.69. The van der Waals surface area contributed by atoms with E-state index in [4.69, 9.17) is 0 Å². The van der Waals surface area contributed by atoms with E-state index >= 15 is 0 Å². The molecule has 0 saturated heterocycles. The Balaban J connectivity index is 1.91. The maximum atomic E-state index is 9.41. The van der Waals surface area contributed by atoms with Crippen molar-refractivity contribution in [1.82, 2.24) is 5.32 Å². The summed E-state index contributed by atoms with van der Waals surface area (Å²) in [5.41, 5.74) is 1.19. The van der Waals surface area contributed by atoms with Crippen LogP contribution in [-0.4, -0.2) is 17.3 Å². The van der Waals surface area contributed by atoms with Crippen molar-refractivity contribution >= 4 is 0 Å². The van der Waals surface area contributed by atoms with E-state index in [1.807, 2.05) is 18.2 Å². The van der Waals surface area contributed by atoms with Crippen molar-refractivity contribution in [3.05, 3.63) is 35.9 Å². The van der Waals surface area contributed by atoms with Crippen LogP contribution in [0.2, 0.25) is 0 Å². The molecule has 1 saturated carbocycles. The molecule has 15 heavy (non-hydrogen) atoms. The molecular formula is C13H19NO. The average Bonchev–Trinajstić information content (AvgIpc) is 3.11. The van der Waals surface area contributed by atoms with Crippen LogP contribution in [0.15, 0.2) is 30.3 Å². The van der Waals surface area contributed by atoms with Gasteiger partial charge in [0, 0.05) is 12.1 Å². The first-order chi connectivity index (χ1) is 7.24. The highest BCUT2D eigenvalue weighted by Gasteiger charge is 2.40. The zero-order chi connectivity index (χ0) is 10.7. The predicted octanol–water partition coefficient (Wildman–Crippen LogP) is 1.94. The second-order valence-electron chi connectivity index (χ2n) is 4.69. The fourth-order valence-corrected chi connectivity index (χ4v) is 1.95. The molecule has 1 unspecified atom stereocenters. The molecule has 2 rings (SSSR count). The minimum atomic E-state index is -0.0875. The number of benzene rings is 1. The third-order valence-corrected chi connectivity index (χ3v) is 3.35. The first kappa shape index (κ1) is 10.7. The Hall–Kier alpha value is -0.860. The molecule has 1 aliphatic carbocycles. The van der Waals surface area contributed by atoms with Crippen LogP contribution in [0, 0.1) is 5.92 Å². The lowest BCUT2D eigenvalue weighted by atomic mass is 9.96. The smallest absolute Gasteiger partial charge is 0.0613 e. The van der Waals surface area contributed by atoms with E-state index in [1.165, 1.54) is 18.4 Å². The summed E-state index contributed by atoms with van der Waals surface area (Å²) in [6.07, 6.45) is 2.50. The summed E-state index contributed by atoms with van der Waals surface area (Å²) in [4.78, 5) is 0. The van der Waals surface area contributed by atoms with Crippen molar-refractivity contribution in [2.24, 2.45) is 5.92 Å². The first-order valence-corrected chi connectivity index (χ1v) is 5.64. The van der Waals surface area contributed by atoms with Crippen LogP contribution < -0.4 is 5.32 Å². The van der Waals surface area contributed by atoms with Crippen molar-refractivity contribution < 1.29 is 5.11 Å². The van der Waals surface area contributed by atoms with Crippen LogP contribution in [0.1, 0.15) is 25.3 Å². The van der Waals surface area contributed by atoms with Gasteiger partial charge >= 0.3 is 0 Å². The van der Waals surface area contributed by atoms with Crippen molar-refractivity contribution in [2.45, 2.75) is 31.8 Å². The number of rotatable bonds is 5. The molecule has 2 nitrogen and oxygen atoms in total. The molecule has 0 spiro atoms. The van der Waals surface area contributed by atoms with Crippen LogP contribution in [0.3, 0.4) is 0 Å². The second kappa shape index (κ2) is 4.33. The van der Waals surface area contributed by atoms with Gasteiger partial charge < -0.3 is 10.4 Å². The fourth-order valence-electron chi connectivity index (χ4n) is 1.95. The Morgan fingerprint density at radius 1 is 1.33 bits per heavy atom. The number of nitrogens with one attached hydrogen (secondary N) is 1. The van der Waals surface area contributed by atoms with E-state index in [2.05, 4.69) is 24.4 Å². The minimum Gasteiger partial charge on any atom is -0.394 e. The highest BCUT2D eigenvalue weighted by Crippen LogP contribution is 2.39. The van der Waals surface area contributed by atoms with Gasteiger partial charge in [0.1, 0.15) is 0 Å². The van der Waals surface area contributed by atoms with E-state index in [1.54, 1.807) is 0 Å². The van der Waals surface area contributed by atoms with Crippen molar-refractivity contribution in [2.75, 3.05) is 6.61 Å². The molecule has 1 aromatic carbocycles. The van der Waals surface area contributed by atoms with Gasteiger partial charge in [0.25, 0.3) is 0 Å². The largest absolute Gasteiger partial charge is 0.394 e. The maximum absolute atomic E-state index is 9.41. The van der Waals surface area contributed by atoms with Gasteiger partial charge in [0.05, 0.1) is 6.61 Å². The van der Waals surface area contributed by atoms with E-state index < -0.39 is 0 Å². The van der Waals surface area contributed by atoms with Crippen LogP contribution in [0.25, 0.3) is 0 Å². The van der Waals surface area contributed by atoms with Gasteiger partial charge in [0.15, 0.2) is 0 Å². The Morgan fingerprint density at radius 3 is 2.53 bits per heavy atom. The zero-order valence-corrected chi connectivity index (χ0v) is 9.24. The summed E-state index contributed by atoms with van der Waals surface area (Å²) in [5, 5.41) is 12.9. The maximum Gasteiger partial charge on any atom is 0.0613 e. The summed E-state index contributed by atoms with van der Waals surface area (Å²) in [7, 11) is 0. The molecule has 0 aromatic heterocycles. The van der Waals surface area contributed by atoms with Gasteiger partial charge in [-0.1, -0.05) is 30.3 Å². The van der Waals surface area contributed by atoms with E-state index in [9.17, 15) is 5.11 Å². The molecular weight excluding hydrogens is 186 g/mol. The number of aliphatic hydroxyl groups excluding tert-OH is 1. The lowest BCUT2D eigenvalue weighted by Crippen LogP contribution is -2.47. The SMILES string of the molecule is CC(CO)(NCc1ccccc1)C1CC1. The van der Waals surface area contributed by atoms with E-state index in [-0.39, 0.29) is 12.1 Å². The van der Waals surface area contributed by atoms with Gasteiger partial charge in [-0.3, -0.25) is 0 Å². The topological polar surface area (TPSA) is 32.3 Å². The van der Waals surface area contributed by atoms with Crippen LogP contribution in [0.4, 0.5) is 0 Å². The molecule has 0 aliphatic heterocycles. The van der Waals surface area contributed by atoms with Crippen molar-refractivity contribution in [1.29, 1.82) is 0 Å². The van der Waals surface area contributed by atoms with Gasteiger partial charge in [-0.25, -0.2) is 0 Å². The summed E-state index contributed by atoms with van der Waals surface area (Å²) >= 11 is 0. The summed E-state index contributed by atoms with van der Waals surface area (Å²) in [5.74, 6) is 0.659. The molecule has 1 aromatic rings. The normalized spacial score (nSPS) is 19.9. The Labute approximate surface area is 91.3 Å². The highest BCUT2D eigenvalue weighted by atomic mass is 16.3. The fraction of sp³-hybridized carbons (Fsp3) is 0.538. The molecule has 2 N–H and O–H groups in total. The third-order valence-electron chi connectivity index (χ3n) is 3.35. The van der Waals surface area contributed by atoms with Crippen LogP contribution in [-0.2, 0) is 6.54 Å². The summed E-state index contributed by atoms with van der Waals surface area (Å²) in [6, 6.07) is 10.3. The Morgan fingerprint density at radius 2 is 2.00 bits per heavy atom. The Bertz CT molecular complexity index is 308. The van der Waals surface area contributed by atoms with E-state index in [0.717, 1.165) is 6.54 Å². The van der Waals surface area contributed by atoms with Crippen molar-refractivity contribution in [3.8, 4) is 0 Å². The van der Waals surface area contributed by atoms with Crippen LogP contribution in [0.5, 0.6) is 0 Å². The van der Waals surface area contributed by atoms with Gasteiger partial charge in [-0.05, 0) is 31.2 Å². The van der Waals surface area contributed by atoms with Gasteiger partial charge in [0.2, 0.25) is 0 Å². The summed E-state index contributed by atoms with van der Waals surface area (Å²) < 4.78 is 0. The van der Waals surface area contributed by atoms with Gasteiger partial charge in [-0.15, -0.1) is 0 Å². The third kappa shape index (κ3) is 2.58. The molecule has 0 heterocycles. The summed E-state index contributed by atoms with van der Waals surface area (Å²) in [6.45, 7) is 3.19. The number of aliphatic hydroxyl groups is 1. The van der Waals surface area contributed by atoms with E-state index in [0.29, 0.717) is 5.92 Å². The quantitative estimate of drug-likeness (QED) is 0.770. The zero-order valence-electron chi connectivity index (χ0n) is 9.24. The van der Waals surface area contributed by atoms with Gasteiger partial charge in [-0.2, -0.15) is 0 Å². The monoisotopic (exact) mass is 205 g/mol.